The number of methoxy groups -OCH3 is 1. The molecule has 1 aromatic heterocycles. The van der Waals surface area contributed by atoms with E-state index in [1.54, 1.807) is 7.11 Å². The van der Waals surface area contributed by atoms with E-state index in [0.29, 0.717) is 0 Å². The first-order valence-electron chi connectivity index (χ1n) is 14.1. The van der Waals surface area contributed by atoms with Gasteiger partial charge >= 0.3 is 0 Å². The van der Waals surface area contributed by atoms with E-state index in [1.807, 2.05) is 47.9 Å². The molecule has 192 valence electrons. The van der Waals surface area contributed by atoms with Crippen LogP contribution in [-0.2, 0) is 6.42 Å². The Bertz CT molecular complexity index is 1200. The average Bonchev–Trinajstić information content (AvgIpc) is 3.18. The second kappa shape index (κ2) is 11.2. The quantitative estimate of drug-likeness (QED) is 0.351. The largest absolute Gasteiger partial charge is 0.497 e. The van der Waals surface area contributed by atoms with Crippen molar-refractivity contribution in [2.24, 2.45) is 5.92 Å². The summed E-state index contributed by atoms with van der Waals surface area (Å²) in [6.07, 6.45) is 13.5. The van der Waals surface area contributed by atoms with Crippen molar-refractivity contribution in [3.63, 3.8) is 0 Å². The third-order valence-corrected chi connectivity index (χ3v) is 8.74. The molecule has 1 atom stereocenters. The number of aryl methyl sites for hydroxylation is 1. The molecule has 0 spiro atoms. The molecule has 2 fully saturated rings. The van der Waals surface area contributed by atoms with E-state index < -0.39 is 0 Å². The number of ether oxygens (including phenoxy) is 1. The molecule has 0 bridgehead atoms. The minimum atomic E-state index is 0.0470. The van der Waals surface area contributed by atoms with Crippen molar-refractivity contribution in [2.75, 3.05) is 20.2 Å². The molecule has 1 saturated heterocycles. The van der Waals surface area contributed by atoms with Crippen molar-refractivity contribution in [2.45, 2.75) is 84.1 Å². The number of hydrogen-bond donors (Lipinski definition) is 0. The van der Waals surface area contributed by atoms with Gasteiger partial charge in [-0.15, -0.1) is 0 Å². The van der Waals surface area contributed by atoms with Gasteiger partial charge in [-0.3, -0.25) is 9.36 Å². The van der Waals surface area contributed by atoms with Crippen LogP contribution in [0.1, 0.15) is 85.0 Å². The summed E-state index contributed by atoms with van der Waals surface area (Å²) in [7, 11) is 1.71. The molecular formula is C32H42N2O2. The molecule has 36 heavy (non-hydrogen) atoms. The molecule has 1 aliphatic carbocycles. The first kappa shape index (κ1) is 25.1. The minimum absolute atomic E-state index is 0.0470. The molecule has 1 aliphatic heterocycles. The van der Waals surface area contributed by atoms with Gasteiger partial charge in [0.25, 0.3) is 5.91 Å². The average molecular weight is 487 g/mol. The van der Waals surface area contributed by atoms with Crippen molar-refractivity contribution < 1.29 is 9.53 Å². The maximum absolute atomic E-state index is 13.7. The summed E-state index contributed by atoms with van der Waals surface area (Å²) in [5, 5.41) is 1.15. The molecule has 4 heteroatoms. The number of aromatic nitrogens is 1. The van der Waals surface area contributed by atoms with E-state index in [0.717, 1.165) is 58.4 Å². The number of carbonyl (C=O) groups is 1. The fourth-order valence-electron chi connectivity index (χ4n) is 6.76. The normalized spacial score (nSPS) is 19.6. The Morgan fingerprint density at radius 1 is 0.972 bits per heavy atom. The Morgan fingerprint density at radius 3 is 2.56 bits per heavy atom. The van der Waals surface area contributed by atoms with E-state index in [1.165, 1.54) is 69.9 Å². The molecule has 2 aromatic carbocycles. The van der Waals surface area contributed by atoms with Gasteiger partial charge in [-0.1, -0.05) is 56.2 Å². The summed E-state index contributed by atoms with van der Waals surface area (Å²) in [6, 6.07) is 14.8. The molecule has 4 nitrogen and oxygen atoms in total. The topological polar surface area (TPSA) is 34.5 Å². The lowest BCUT2D eigenvalue weighted by Gasteiger charge is -2.38. The molecular weight excluding hydrogens is 444 g/mol. The fourth-order valence-corrected chi connectivity index (χ4v) is 6.76. The van der Waals surface area contributed by atoms with Crippen LogP contribution in [0, 0.1) is 19.8 Å². The maximum Gasteiger partial charge on any atom is 0.262 e. The number of benzene rings is 2. The highest BCUT2D eigenvalue weighted by Gasteiger charge is 2.27. The zero-order chi connectivity index (χ0) is 25.1. The lowest BCUT2D eigenvalue weighted by molar-refractivity contribution is 0.0962. The van der Waals surface area contributed by atoms with Crippen LogP contribution in [0.15, 0.2) is 42.5 Å². The summed E-state index contributed by atoms with van der Waals surface area (Å²) < 4.78 is 7.50. The van der Waals surface area contributed by atoms with Gasteiger partial charge in [0, 0.05) is 29.2 Å². The number of hydrogen-bond acceptors (Lipinski definition) is 3. The Kier molecular flexibility index (Phi) is 7.81. The first-order chi connectivity index (χ1) is 17.5. The Hall–Kier alpha value is -2.59. The van der Waals surface area contributed by atoms with E-state index >= 15 is 0 Å². The third kappa shape index (κ3) is 5.25. The van der Waals surface area contributed by atoms with Gasteiger partial charge in [0.1, 0.15) is 5.75 Å². The molecule has 2 heterocycles. The fraction of sp³-hybridized carbons (Fsp3) is 0.531. The van der Waals surface area contributed by atoms with Crippen LogP contribution in [0.2, 0.25) is 0 Å². The second-order valence-corrected chi connectivity index (χ2v) is 11.1. The van der Waals surface area contributed by atoms with Crippen LogP contribution in [0.25, 0.3) is 10.9 Å². The predicted molar refractivity (Wildman–Crippen MR) is 148 cm³/mol. The molecule has 5 rings (SSSR count). The van der Waals surface area contributed by atoms with Gasteiger partial charge in [0.2, 0.25) is 0 Å². The minimum Gasteiger partial charge on any atom is -0.497 e. The second-order valence-electron chi connectivity index (χ2n) is 11.1. The highest BCUT2D eigenvalue weighted by atomic mass is 16.5. The van der Waals surface area contributed by atoms with Crippen molar-refractivity contribution in [3.8, 4) is 5.75 Å². The van der Waals surface area contributed by atoms with Crippen molar-refractivity contribution >= 4 is 16.8 Å². The van der Waals surface area contributed by atoms with Gasteiger partial charge in [-0.2, -0.15) is 0 Å². The standard InChI is InChI=1S/C32H42N2O2/c1-23-10-9-13-26(20-23)32(35)34-24(2)29(30-22-28(36-3)15-16-31(30)34)17-19-33-18-8-7-14-27(33)21-25-11-5-4-6-12-25/h9-10,13,15-16,20,22,25,27H,4-8,11-12,14,17-19,21H2,1-3H3. The molecule has 2 aliphatic rings. The van der Waals surface area contributed by atoms with E-state index in [-0.39, 0.29) is 5.91 Å². The summed E-state index contributed by atoms with van der Waals surface area (Å²) in [5.74, 6) is 1.81. The van der Waals surface area contributed by atoms with Gasteiger partial charge in [0.05, 0.1) is 12.6 Å². The zero-order valence-electron chi connectivity index (χ0n) is 22.4. The SMILES string of the molecule is COc1ccc2c(c1)c(CCN1CCCCC1CC1CCCCC1)c(C)n2C(=O)c1cccc(C)c1. The summed E-state index contributed by atoms with van der Waals surface area (Å²) in [5.41, 5.74) is 5.16. The van der Waals surface area contributed by atoms with Crippen LogP contribution >= 0.6 is 0 Å². The van der Waals surface area contributed by atoms with E-state index in [2.05, 4.69) is 17.9 Å². The molecule has 0 amide bonds. The number of rotatable bonds is 7. The summed E-state index contributed by atoms with van der Waals surface area (Å²) in [6.45, 7) is 6.43. The van der Waals surface area contributed by atoms with Crippen LogP contribution in [0.4, 0.5) is 0 Å². The van der Waals surface area contributed by atoms with Crippen molar-refractivity contribution in [3.05, 3.63) is 64.8 Å². The van der Waals surface area contributed by atoms with E-state index in [4.69, 9.17) is 4.74 Å². The highest BCUT2D eigenvalue weighted by molar-refractivity contribution is 6.04. The van der Waals surface area contributed by atoms with Crippen molar-refractivity contribution in [1.82, 2.24) is 9.47 Å². The smallest absolute Gasteiger partial charge is 0.262 e. The number of carbonyl (C=O) groups excluding carboxylic acids is 1. The van der Waals surface area contributed by atoms with Gasteiger partial charge in [-0.25, -0.2) is 0 Å². The van der Waals surface area contributed by atoms with Crippen LogP contribution in [-0.4, -0.2) is 41.6 Å². The Balaban J connectivity index is 1.43. The van der Waals surface area contributed by atoms with Crippen LogP contribution < -0.4 is 4.74 Å². The predicted octanol–water partition coefficient (Wildman–Crippen LogP) is 7.32. The number of fused-ring (bicyclic) bond motifs is 1. The van der Waals surface area contributed by atoms with E-state index in [9.17, 15) is 4.79 Å². The number of piperidine rings is 1. The number of nitrogens with zero attached hydrogens (tertiary/aromatic N) is 2. The first-order valence-corrected chi connectivity index (χ1v) is 14.1. The number of likely N-dealkylation sites (tertiary alicyclic amines) is 1. The van der Waals surface area contributed by atoms with Gasteiger partial charge in [-0.05, 0) is 87.9 Å². The van der Waals surface area contributed by atoms with Crippen LogP contribution in [0.3, 0.4) is 0 Å². The van der Waals surface area contributed by atoms with Gasteiger partial charge < -0.3 is 9.64 Å². The third-order valence-electron chi connectivity index (χ3n) is 8.74. The van der Waals surface area contributed by atoms with Crippen LogP contribution in [0.5, 0.6) is 5.75 Å². The Morgan fingerprint density at radius 2 is 1.78 bits per heavy atom. The zero-order valence-corrected chi connectivity index (χ0v) is 22.4. The lowest BCUT2D eigenvalue weighted by atomic mass is 9.82. The maximum atomic E-state index is 13.7. The van der Waals surface area contributed by atoms with Crippen molar-refractivity contribution in [1.29, 1.82) is 0 Å². The Labute approximate surface area is 216 Å². The summed E-state index contributed by atoms with van der Waals surface area (Å²) in [4.78, 5) is 16.5. The monoisotopic (exact) mass is 486 g/mol. The molecule has 0 radical (unpaired) electrons. The van der Waals surface area contributed by atoms with Gasteiger partial charge in [0.15, 0.2) is 0 Å². The summed E-state index contributed by atoms with van der Waals surface area (Å²) >= 11 is 0. The molecule has 0 N–H and O–H groups in total. The molecule has 1 unspecified atom stereocenters. The lowest BCUT2D eigenvalue weighted by Crippen LogP contribution is -2.42. The highest BCUT2D eigenvalue weighted by Crippen LogP contribution is 2.34. The molecule has 1 saturated carbocycles. The molecule has 3 aromatic rings.